The predicted molar refractivity (Wildman–Crippen MR) is 104 cm³/mol. The van der Waals surface area contributed by atoms with E-state index in [1.165, 1.54) is 0 Å². The standard InChI is InChI=1S/C21H27N2O2/c1-20(2,3)22-15-21(4,16-10-8-7-9-11-16)23-17-12-18(24-5)14-19(13-17)25-6/h7-14,23H,1-6H3/q+1. The number of ether oxygens (including phenoxy) is 2. The summed E-state index contributed by atoms with van der Waals surface area (Å²) >= 11 is 0. The van der Waals surface area contributed by atoms with Crippen LogP contribution in [0.25, 0.3) is 4.85 Å². The molecule has 25 heavy (non-hydrogen) atoms. The van der Waals surface area contributed by atoms with E-state index in [1.807, 2.05) is 36.4 Å². The molecule has 0 aliphatic carbocycles. The Morgan fingerprint density at radius 2 is 1.44 bits per heavy atom. The van der Waals surface area contributed by atoms with Crippen LogP contribution >= 0.6 is 0 Å². The van der Waals surface area contributed by atoms with E-state index in [9.17, 15) is 0 Å². The first-order valence-electron chi connectivity index (χ1n) is 8.31. The summed E-state index contributed by atoms with van der Waals surface area (Å²) in [4.78, 5) is 4.61. The lowest BCUT2D eigenvalue weighted by Crippen LogP contribution is -2.30. The molecule has 0 heterocycles. The SMILES string of the molecule is COc1cc(NC(C)(C#[N+]C(C)(C)C)c2ccccc2)cc(OC)c1. The minimum Gasteiger partial charge on any atom is -0.497 e. The third kappa shape index (κ3) is 5.15. The molecule has 0 radical (unpaired) electrons. The minimum atomic E-state index is -0.591. The first kappa shape index (κ1) is 18.7. The molecule has 1 unspecified atom stereocenters. The highest BCUT2D eigenvalue weighted by molar-refractivity contribution is 5.57. The van der Waals surface area contributed by atoms with Gasteiger partial charge in [-0.3, -0.25) is 0 Å². The van der Waals surface area contributed by atoms with Crippen LogP contribution in [-0.2, 0) is 5.54 Å². The average Bonchev–Trinajstić information content (AvgIpc) is 2.60. The van der Waals surface area contributed by atoms with Crippen molar-refractivity contribution in [2.75, 3.05) is 19.5 Å². The normalized spacial score (nSPS) is 13.2. The molecule has 4 heteroatoms. The summed E-state index contributed by atoms with van der Waals surface area (Å²) in [5, 5.41) is 3.53. The zero-order valence-electron chi connectivity index (χ0n) is 15.9. The first-order valence-corrected chi connectivity index (χ1v) is 8.31. The van der Waals surface area contributed by atoms with E-state index in [1.54, 1.807) is 14.2 Å². The molecular formula is C21H27N2O2+. The maximum atomic E-state index is 5.37. The lowest BCUT2D eigenvalue weighted by Gasteiger charge is -2.23. The fraction of sp³-hybridized carbons (Fsp3) is 0.381. The first-order chi connectivity index (χ1) is 11.8. The van der Waals surface area contributed by atoms with Crippen molar-refractivity contribution in [2.24, 2.45) is 0 Å². The van der Waals surface area contributed by atoms with Gasteiger partial charge in [0.2, 0.25) is 0 Å². The molecule has 0 amide bonds. The number of methoxy groups -OCH3 is 2. The summed E-state index contributed by atoms with van der Waals surface area (Å²) in [6, 6.07) is 19.2. The van der Waals surface area contributed by atoms with E-state index in [0.29, 0.717) is 0 Å². The Hall–Kier alpha value is -2.67. The van der Waals surface area contributed by atoms with Gasteiger partial charge in [-0.05, 0) is 12.5 Å². The predicted octanol–water partition coefficient (Wildman–Crippen LogP) is 5.16. The molecule has 0 spiro atoms. The van der Waals surface area contributed by atoms with Gasteiger partial charge in [-0.1, -0.05) is 35.2 Å². The lowest BCUT2D eigenvalue weighted by molar-refractivity contribution is 0.394. The van der Waals surface area contributed by atoms with Crippen LogP contribution in [0.15, 0.2) is 48.5 Å². The fourth-order valence-corrected chi connectivity index (χ4v) is 2.38. The highest BCUT2D eigenvalue weighted by atomic mass is 16.5. The van der Waals surface area contributed by atoms with Crippen LogP contribution in [0.2, 0.25) is 0 Å². The van der Waals surface area contributed by atoms with Crippen LogP contribution in [0.4, 0.5) is 5.69 Å². The Morgan fingerprint density at radius 1 is 0.880 bits per heavy atom. The summed E-state index contributed by atoms with van der Waals surface area (Å²) < 4.78 is 10.7. The number of benzene rings is 2. The molecule has 2 aromatic rings. The smallest absolute Gasteiger partial charge is 0.306 e. The van der Waals surface area contributed by atoms with Gasteiger partial charge < -0.3 is 14.8 Å². The van der Waals surface area contributed by atoms with Crippen LogP contribution in [-0.4, -0.2) is 19.8 Å². The van der Waals surface area contributed by atoms with E-state index in [0.717, 1.165) is 22.7 Å². The van der Waals surface area contributed by atoms with Crippen molar-refractivity contribution >= 4 is 5.69 Å². The van der Waals surface area contributed by atoms with E-state index in [2.05, 4.69) is 56.1 Å². The quantitative estimate of drug-likeness (QED) is 0.817. The molecule has 0 saturated carbocycles. The largest absolute Gasteiger partial charge is 0.497 e. The van der Waals surface area contributed by atoms with Crippen LogP contribution in [0, 0.1) is 6.07 Å². The van der Waals surface area contributed by atoms with E-state index >= 15 is 0 Å². The number of rotatable bonds is 5. The van der Waals surface area contributed by atoms with E-state index in [4.69, 9.17) is 9.47 Å². The van der Waals surface area contributed by atoms with Crippen molar-refractivity contribution < 1.29 is 9.47 Å². The summed E-state index contributed by atoms with van der Waals surface area (Å²) in [6.45, 7) is 8.23. The van der Waals surface area contributed by atoms with Gasteiger partial charge in [0.05, 0.1) is 14.2 Å². The third-order valence-electron chi connectivity index (χ3n) is 3.71. The van der Waals surface area contributed by atoms with Crippen molar-refractivity contribution in [3.8, 4) is 17.6 Å². The summed E-state index contributed by atoms with van der Waals surface area (Å²) in [5.41, 5.74) is 1.15. The summed E-state index contributed by atoms with van der Waals surface area (Å²) in [5.74, 6) is 1.45. The van der Waals surface area contributed by atoms with Crippen LogP contribution in [0.3, 0.4) is 0 Å². The Bertz CT molecular complexity index is 748. The Balaban J connectivity index is 2.48. The fourth-order valence-electron chi connectivity index (χ4n) is 2.38. The Kier molecular flexibility index (Phi) is 5.58. The molecule has 132 valence electrons. The number of hydrogen-bond acceptors (Lipinski definition) is 3. The van der Waals surface area contributed by atoms with Crippen LogP contribution < -0.4 is 14.8 Å². The highest BCUT2D eigenvalue weighted by Crippen LogP contribution is 2.31. The van der Waals surface area contributed by atoms with Crippen LogP contribution in [0.5, 0.6) is 11.5 Å². The third-order valence-corrected chi connectivity index (χ3v) is 3.71. The zero-order valence-corrected chi connectivity index (χ0v) is 15.9. The Morgan fingerprint density at radius 3 is 1.92 bits per heavy atom. The number of hydrogen-bond donors (Lipinski definition) is 1. The maximum Gasteiger partial charge on any atom is 0.306 e. The lowest BCUT2D eigenvalue weighted by atomic mass is 9.93. The topological polar surface area (TPSA) is 34.8 Å². The van der Waals surface area contributed by atoms with Gasteiger partial charge in [0.15, 0.2) is 5.54 Å². The van der Waals surface area contributed by atoms with Crippen molar-refractivity contribution in [1.82, 2.24) is 0 Å². The van der Waals surface area contributed by atoms with Gasteiger partial charge in [-0.15, -0.1) is 0 Å². The van der Waals surface area contributed by atoms with Crippen molar-refractivity contribution in [2.45, 2.75) is 38.8 Å². The molecule has 0 bridgehead atoms. The molecular weight excluding hydrogens is 312 g/mol. The van der Waals surface area contributed by atoms with Gasteiger partial charge in [0.25, 0.3) is 5.54 Å². The average molecular weight is 339 g/mol. The minimum absolute atomic E-state index is 0.205. The molecule has 1 N–H and O–H groups in total. The second-order valence-corrected chi connectivity index (χ2v) is 7.11. The van der Waals surface area contributed by atoms with Gasteiger partial charge >= 0.3 is 6.07 Å². The molecule has 0 fully saturated rings. The second kappa shape index (κ2) is 7.48. The molecule has 0 aromatic heterocycles. The van der Waals surface area contributed by atoms with Crippen LogP contribution in [0.1, 0.15) is 33.3 Å². The molecule has 2 rings (SSSR count). The van der Waals surface area contributed by atoms with Crippen molar-refractivity contribution in [1.29, 1.82) is 0 Å². The zero-order chi connectivity index (χ0) is 18.5. The number of nitrogens with zero attached hydrogens (tertiary/aromatic N) is 1. The molecule has 0 saturated heterocycles. The molecule has 0 aliphatic rings. The van der Waals surface area contributed by atoms with Gasteiger partial charge in [-0.2, -0.15) is 0 Å². The molecule has 1 atom stereocenters. The maximum absolute atomic E-state index is 5.37. The van der Waals surface area contributed by atoms with E-state index in [-0.39, 0.29) is 5.54 Å². The summed E-state index contributed by atoms with van der Waals surface area (Å²) in [7, 11) is 3.28. The van der Waals surface area contributed by atoms with Crippen molar-refractivity contribution in [3.63, 3.8) is 0 Å². The van der Waals surface area contributed by atoms with E-state index < -0.39 is 5.54 Å². The molecule has 4 nitrogen and oxygen atoms in total. The second-order valence-electron chi connectivity index (χ2n) is 7.11. The van der Waals surface area contributed by atoms with Gasteiger partial charge in [0, 0.05) is 44.7 Å². The monoisotopic (exact) mass is 339 g/mol. The number of nitrogens with one attached hydrogen (secondary N) is 1. The summed E-state index contributed by atoms with van der Waals surface area (Å²) in [6.07, 6.45) is 0. The Labute approximate surface area is 150 Å². The molecule has 0 aliphatic heterocycles. The van der Waals surface area contributed by atoms with Gasteiger partial charge in [0.1, 0.15) is 11.5 Å². The number of anilines is 1. The van der Waals surface area contributed by atoms with Gasteiger partial charge in [-0.25, -0.2) is 0 Å². The molecule has 2 aromatic carbocycles. The highest BCUT2D eigenvalue weighted by Gasteiger charge is 2.33. The van der Waals surface area contributed by atoms with Crippen molar-refractivity contribution in [3.05, 3.63) is 58.9 Å².